The fourth-order valence-corrected chi connectivity index (χ4v) is 4.99. The summed E-state index contributed by atoms with van der Waals surface area (Å²) in [5, 5.41) is 11.7. The molecule has 2 heterocycles. The maximum absolute atomic E-state index is 13.3. The molecular formula is C23H29F3N4O2. The molecule has 3 rings (SSSR count). The molecule has 1 N–H and O–H groups in total. The standard InChI is InChI=1S/C23H29F3N4O2/c1-3-4-21(31)30-13-18(19(14-30)22(32)28-2)15-7-9-29(10-8-15)17-6-5-16(12-27)20(11-17)23(24,25)26/h5-6,11,15,18-19H,3-4,7-10,13-14H2,1-2H3,(H,28,32). The number of rotatable bonds is 5. The minimum absolute atomic E-state index is 0.0459. The summed E-state index contributed by atoms with van der Waals surface area (Å²) < 4.78 is 40.0. The van der Waals surface area contributed by atoms with E-state index in [1.54, 1.807) is 24.1 Å². The van der Waals surface area contributed by atoms with E-state index < -0.39 is 11.7 Å². The average molecular weight is 451 g/mol. The van der Waals surface area contributed by atoms with E-state index in [1.807, 2.05) is 11.8 Å². The van der Waals surface area contributed by atoms with Gasteiger partial charge < -0.3 is 15.1 Å². The summed E-state index contributed by atoms with van der Waals surface area (Å²) in [5.41, 5.74) is -0.851. The second-order valence-electron chi connectivity index (χ2n) is 8.60. The van der Waals surface area contributed by atoms with Gasteiger partial charge in [-0.25, -0.2) is 0 Å². The molecule has 2 fully saturated rings. The van der Waals surface area contributed by atoms with Gasteiger partial charge in [-0.1, -0.05) is 6.92 Å². The van der Waals surface area contributed by atoms with Crippen LogP contribution in [0.4, 0.5) is 18.9 Å². The van der Waals surface area contributed by atoms with Gasteiger partial charge in [-0.05, 0) is 49.3 Å². The number of nitriles is 1. The highest BCUT2D eigenvalue weighted by Crippen LogP contribution is 2.39. The lowest BCUT2D eigenvalue weighted by atomic mass is 9.78. The average Bonchev–Trinajstić information content (AvgIpc) is 3.23. The number of anilines is 1. The first kappa shape index (κ1) is 23.9. The molecule has 2 aliphatic heterocycles. The van der Waals surface area contributed by atoms with E-state index in [2.05, 4.69) is 5.32 Å². The molecule has 2 amide bonds. The Balaban J connectivity index is 1.71. The lowest BCUT2D eigenvalue weighted by molar-refractivity contribution is -0.137. The van der Waals surface area contributed by atoms with E-state index in [9.17, 15) is 22.8 Å². The third-order valence-corrected chi connectivity index (χ3v) is 6.70. The van der Waals surface area contributed by atoms with Crippen molar-refractivity contribution in [3.8, 4) is 6.07 Å². The van der Waals surface area contributed by atoms with Crippen molar-refractivity contribution in [1.29, 1.82) is 5.26 Å². The molecule has 174 valence electrons. The van der Waals surface area contributed by atoms with Crippen molar-refractivity contribution in [2.45, 2.75) is 38.8 Å². The molecule has 0 spiro atoms. The summed E-state index contributed by atoms with van der Waals surface area (Å²) in [6, 6.07) is 5.44. The summed E-state index contributed by atoms with van der Waals surface area (Å²) in [6.07, 6.45) is -1.90. The molecule has 32 heavy (non-hydrogen) atoms. The number of alkyl halides is 3. The SMILES string of the molecule is CCCC(=O)N1CC(C(=O)NC)C(C2CCN(c3ccc(C#N)c(C(F)(F)F)c3)CC2)C1. The molecule has 0 aromatic heterocycles. The van der Waals surface area contributed by atoms with Crippen LogP contribution in [-0.2, 0) is 15.8 Å². The molecule has 0 radical (unpaired) electrons. The quantitative estimate of drug-likeness (QED) is 0.746. The molecule has 0 saturated carbocycles. The van der Waals surface area contributed by atoms with E-state index in [1.165, 1.54) is 6.07 Å². The number of nitrogens with one attached hydrogen (secondary N) is 1. The van der Waals surface area contributed by atoms with E-state index in [4.69, 9.17) is 5.26 Å². The van der Waals surface area contributed by atoms with Crippen LogP contribution in [-0.4, -0.2) is 49.9 Å². The van der Waals surface area contributed by atoms with Crippen molar-refractivity contribution in [3.63, 3.8) is 0 Å². The summed E-state index contributed by atoms with van der Waals surface area (Å²) >= 11 is 0. The first-order valence-electron chi connectivity index (χ1n) is 11.0. The Morgan fingerprint density at radius 2 is 1.91 bits per heavy atom. The molecule has 0 bridgehead atoms. The predicted molar refractivity (Wildman–Crippen MR) is 114 cm³/mol. The van der Waals surface area contributed by atoms with Crippen LogP contribution < -0.4 is 10.2 Å². The molecule has 1 aromatic rings. The normalized spacial score (nSPS) is 22.0. The maximum atomic E-state index is 13.3. The van der Waals surface area contributed by atoms with Gasteiger partial charge in [-0.15, -0.1) is 0 Å². The third kappa shape index (κ3) is 5.00. The van der Waals surface area contributed by atoms with Crippen molar-refractivity contribution in [2.24, 2.45) is 17.8 Å². The topological polar surface area (TPSA) is 76.4 Å². The monoisotopic (exact) mass is 450 g/mol. The molecule has 0 aliphatic carbocycles. The van der Waals surface area contributed by atoms with Crippen LogP contribution in [0.3, 0.4) is 0 Å². The highest BCUT2D eigenvalue weighted by molar-refractivity contribution is 5.82. The first-order chi connectivity index (χ1) is 15.2. The fourth-order valence-electron chi connectivity index (χ4n) is 4.99. The Bertz CT molecular complexity index is 888. The molecule has 2 atom stereocenters. The maximum Gasteiger partial charge on any atom is 0.417 e. The van der Waals surface area contributed by atoms with Crippen LogP contribution in [0.2, 0.25) is 0 Å². The van der Waals surface area contributed by atoms with Crippen molar-refractivity contribution in [1.82, 2.24) is 10.2 Å². The van der Waals surface area contributed by atoms with E-state index in [0.717, 1.165) is 25.3 Å². The van der Waals surface area contributed by atoms with Gasteiger partial charge in [0, 0.05) is 45.3 Å². The molecule has 2 saturated heterocycles. The number of hydrogen-bond donors (Lipinski definition) is 1. The second-order valence-corrected chi connectivity index (χ2v) is 8.60. The first-order valence-corrected chi connectivity index (χ1v) is 11.0. The van der Waals surface area contributed by atoms with Gasteiger partial charge in [-0.3, -0.25) is 9.59 Å². The Kier molecular flexibility index (Phi) is 7.32. The molecular weight excluding hydrogens is 421 g/mol. The second kappa shape index (κ2) is 9.80. The number of piperidine rings is 1. The van der Waals surface area contributed by atoms with Crippen molar-refractivity contribution < 1.29 is 22.8 Å². The van der Waals surface area contributed by atoms with Crippen LogP contribution in [0.1, 0.15) is 43.7 Å². The van der Waals surface area contributed by atoms with Crippen molar-refractivity contribution in [3.05, 3.63) is 29.3 Å². The lowest BCUT2D eigenvalue weighted by Crippen LogP contribution is -2.41. The predicted octanol–water partition coefficient (Wildman–Crippen LogP) is 3.41. The number of nitrogens with zero attached hydrogens (tertiary/aromatic N) is 3. The molecule has 9 heteroatoms. The zero-order valence-corrected chi connectivity index (χ0v) is 18.4. The molecule has 2 unspecified atom stereocenters. The molecule has 1 aromatic carbocycles. The largest absolute Gasteiger partial charge is 0.417 e. The zero-order valence-electron chi connectivity index (χ0n) is 18.4. The van der Waals surface area contributed by atoms with Gasteiger partial charge in [0.1, 0.15) is 0 Å². The number of hydrogen-bond acceptors (Lipinski definition) is 4. The fraction of sp³-hybridized carbons (Fsp3) is 0.609. The summed E-state index contributed by atoms with van der Waals surface area (Å²) in [5.74, 6) is 0.00638. The highest BCUT2D eigenvalue weighted by atomic mass is 19.4. The summed E-state index contributed by atoms with van der Waals surface area (Å²) in [6.45, 7) is 4.05. The van der Waals surface area contributed by atoms with Gasteiger partial charge >= 0.3 is 6.18 Å². The van der Waals surface area contributed by atoms with Gasteiger partial charge in [0.15, 0.2) is 0 Å². The highest BCUT2D eigenvalue weighted by Gasteiger charge is 2.43. The minimum Gasteiger partial charge on any atom is -0.372 e. The van der Waals surface area contributed by atoms with E-state index in [0.29, 0.717) is 38.3 Å². The number of likely N-dealkylation sites (tertiary alicyclic amines) is 1. The van der Waals surface area contributed by atoms with Gasteiger partial charge in [-0.2, -0.15) is 18.4 Å². The van der Waals surface area contributed by atoms with Crippen LogP contribution in [0.15, 0.2) is 18.2 Å². The van der Waals surface area contributed by atoms with Gasteiger partial charge in [0.25, 0.3) is 0 Å². The number of benzene rings is 1. The van der Waals surface area contributed by atoms with Crippen LogP contribution in [0.25, 0.3) is 0 Å². The third-order valence-electron chi connectivity index (χ3n) is 6.70. The smallest absolute Gasteiger partial charge is 0.372 e. The lowest BCUT2D eigenvalue weighted by Gasteiger charge is -2.37. The van der Waals surface area contributed by atoms with Gasteiger partial charge in [0.2, 0.25) is 11.8 Å². The molecule has 2 aliphatic rings. The Morgan fingerprint density at radius 3 is 2.47 bits per heavy atom. The van der Waals surface area contributed by atoms with E-state index in [-0.39, 0.29) is 35.1 Å². The number of carbonyl (C=O) groups excluding carboxylic acids is 2. The van der Waals surface area contributed by atoms with Crippen LogP contribution in [0.5, 0.6) is 0 Å². The number of amides is 2. The van der Waals surface area contributed by atoms with E-state index >= 15 is 0 Å². The summed E-state index contributed by atoms with van der Waals surface area (Å²) in [4.78, 5) is 28.6. The number of carbonyl (C=O) groups is 2. The Labute approximate surface area is 186 Å². The van der Waals surface area contributed by atoms with Crippen molar-refractivity contribution in [2.75, 3.05) is 38.1 Å². The van der Waals surface area contributed by atoms with Crippen LogP contribution in [0, 0.1) is 29.1 Å². The number of halogens is 3. The summed E-state index contributed by atoms with van der Waals surface area (Å²) in [7, 11) is 1.60. The zero-order chi connectivity index (χ0) is 23.5. The minimum atomic E-state index is -4.58. The Morgan fingerprint density at radius 1 is 1.22 bits per heavy atom. The Hall–Kier alpha value is -2.76. The van der Waals surface area contributed by atoms with Gasteiger partial charge in [0.05, 0.1) is 23.1 Å². The van der Waals surface area contributed by atoms with Crippen LogP contribution >= 0.6 is 0 Å². The van der Waals surface area contributed by atoms with Crippen molar-refractivity contribution >= 4 is 17.5 Å². The molecule has 6 nitrogen and oxygen atoms in total.